The van der Waals surface area contributed by atoms with Crippen molar-refractivity contribution in [3.05, 3.63) is 106 Å². The van der Waals surface area contributed by atoms with E-state index in [9.17, 15) is 14.0 Å². The van der Waals surface area contributed by atoms with Gasteiger partial charge in [-0.05, 0) is 17.2 Å². The number of primary amides is 1. The zero-order chi connectivity index (χ0) is 25.7. The van der Waals surface area contributed by atoms with Crippen LogP contribution in [0.2, 0.25) is 0 Å². The lowest BCUT2D eigenvalue weighted by molar-refractivity contribution is -0.115. The van der Waals surface area contributed by atoms with E-state index in [1.54, 1.807) is 23.0 Å². The summed E-state index contributed by atoms with van der Waals surface area (Å²) in [5.41, 5.74) is 8.04. The Labute approximate surface area is 208 Å². The fourth-order valence-corrected chi connectivity index (χ4v) is 4.17. The highest BCUT2D eigenvalue weighted by atomic mass is 19.1. The molecule has 0 bridgehead atoms. The summed E-state index contributed by atoms with van der Waals surface area (Å²) in [7, 11) is 2.92. The van der Waals surface area contributed by atoms with Crippen molar-refractivity contribution in [3.63, 3.8) is 0 Å². The van der Waals surface area contributed by atoms with Gasteiger partial charge in [-0.25, -0.2) is 9.40 Å². The molecule has 0 aliphatic carbocycles. The summed E-state index contributed by atoms with van der Waals surface area (Å²) in [6.07, 6.45) is 4.89. The van der Waals surface area contributed by atoms with E-state index in [2.05, 4.69) is 4.98 Å². The van der Waals surface area contributed by atoms with Gasteiger partial charge in [0.05, 0.1) is 50.7 Å². The fraction of sp³-hybridized carbons (Fsp3) is 0.269. The quantitative estimate of drug-likeness (QED) is 0.461. The van der Waals surface area contributed by atoms with Gasteiger partial charge < -0.3 is 24.8 Å². The van der Waals surface area contributed by atoms with Gasteiger partial charge in [0.2, 0.25) is 5.91 Å². The number of carbonyl (C=O) groups is 1. The predicted molar refractivity (Wildman–Crippen MR) is 131 cm³/mol. The number of hydrazine groups is 1. The van der Waals surface area contributed by atoms with E-state index in [-0.39, 0.29) is 30.2 Å². The topological polar surface area (TPSA) is 103 Å². The maximum atomic E-state index is 14.9. The third-order valence-electron chi connectivity index (χ3n) is 6.02. The van der Waals surface area contributed by atoms with Crippen molar-refractivity contribution in [2.24, 2.45) is 5.73 Å². The number of halogens is 1. The highest BCUT2D eigenvalue weighted by molar-refractivity contribution is 5.93. The van der Waals surface area contributed by atoms with Gasteiger partial charge in [0.1, 0.15) is 0 Å². The van der Waals surface area contributed by atoms with E-state index >= 15 is 0 Å². The Balaban J connectivity index is 1.58. The average molecular weight is 494 g/mol. The van der Waals surface area contributed by atoms with E-state index in [0.717, 1.165) is 11.1 Å². The molecule has 0 saturated heterocycles. The number of hydrogen-bond donors (Lipinski definition) is 1. The number of benzene rings is 1. The number of carbonyl (C=O) groups excluding carboxylic acids is 1. The number of pyridine rings is 2. The highest BCUT2D eigenvalue weighted by Gasteiger charge is 2.36. The van der Waals surface area contributed by atoms with Crippen LogP contribution < -0.4 is 16.0 Å². The fourth-order valence-electron chi connectivity index (χ4n) is 4.17. The van der Waals surface area contributed by atoms with Gasteiger partial charge in [-0.3, -0.25) is 14.6 Å². The number of nitrogens with two attached hydrogens (primary N) is 1. The van der Waals surface area contributed by atoms with E-state index in [1.807, 2.05) is 40.3 Å². The van der Waals surface area contributed by atoms with Gasteiger partial charge in [-0.15, -0.1) is 0 Å². The Morgan fingerprint density at radius 3 is 2.42 bits per heavy atom. The summed E-state index contributed by atoms with van der Waals surface area (Å²) < 4.78 is 27.0. The number of nitrogens with zero attached hydrogens (tertiary/aromatic N) is 4. The third-order valence-corrected chi connectivity index (χ3v) is 6.02. The highest BCUT2D eigenvalue weighted by Crippen LogP contribution is 2.29. The van der Waals surface area contributed by atoms with E-state index in [1.165, 1.54) is 32.5 Å². The maximum Gasteiger partial charge on any atom is 0.250 e. The van der Waals surface area contributed by atoms with Gasteiger partial charge >= 0.3 is 0 Å². The molecule has 188 valence electrons. The van der Waals surface area contributed by atoms with Crippen LogP contribution in [-0.4, -0.2) is 52.3 Å². The van der Waals surface area contributed by atoms with Crippen LogP contribution in [0.3, 0.4) is 0 Å². The van der Waals surface area contributed by atoms with Gasteiger partial charge in [0.15, 0.2) is 11.6 Å². The molecule has 2 N–H and O–H groups in total. The molecule has 1 aliphatic heterocycles. The lowest BCUT2D eigenvalue weighted by Crippen LogP contribution is -2.44. The molecule has 1 amide bonds. The molecule has 3 heterocycles. The van der Waals surface area contributed by atoms with Crippen molar-refractivity contribution in [2.45, 2.75) is 25.7 Å². The van der Waals surface area contributed by atoms with E-state index in [0.29, 0.717) is 18.7 Å². The Hall–Kier alpha value is -4.02. The minimum atomic E-state index is -0.577. The van der Waals surface area contributed by atoms with Crippen molar-refractivity contribution in [2.75, 3.05) is 20.8 Å². The van der Waals surface area contributed by atoms with Gasteiger partial charge in [-0.1, -0.05) is 30.3 Å². The summed E-state index contributed by atoms with van der Waals surface area (Å²) in [6, 6.07) is 13.8. The van der Waals surface area contributed by atoms with E-state index in [4.69, 9.17) is 15.2 Å². The zero-order valence-corrected chi connectivity index (χ0v) is 20.1. The van der Waals surface area contributed by atoms with Crippen LogP contribution >= 0.6 is 0 Å². The number of hydrogen-bond acceptors (Lipinski definition) is 7. The molecular formula is C26H28FN5O4. The predicted octanol–water partition coefficient (Wildman–Crippen LogP) is 2.06. The van der Waals surface area contributed by atoms with Crippen molar-refractivity contribution >= 4 is 5.91 Å². The molecular weight excluding hydrogens is 465 g/mol. The first-order valence-corrected chi connectivity index (χ1v) is 11.4. The Bertz CT molecular complexity index is 1310. The third kappa shape index (κ3) is 5.45. The second-order valence-corrected chi connectivity index (χ2v) is 8.37. The molecule has 0 spiro atoms. The van der Waals surface area contributed by atoms with Gasteiger partial charge in [0.25, 0.3) is 5.56 Å². The molecule has 0 saturated carbocycles. The molecule has 1 aromatic carbocycles. The number of methoxy groups -OCH3 is 2. The van der Waals surface area contributed by atoms with Gasteiger partial charge in [-0.2, -0.15) is 0 Å². The van der Waals surface area contributed by atoms with E-state index < -0.39 is 17.8 Å². The lowest BCUT2D eigenvalue weighted by atomic mass is 10.1. The zero-order valence-electron chi connectivity index (χ0n) is 20.1. The number of ether oxygens (including phenoxy) is 2. The molecule has 10 heteroatoms. The van der Waals surface area contributed by atoms with Crippen molar-refractivity contribution in [3.8, 4) is 5.75 Å². The Morgan fingerprint density at radius 1 is 1.06 bits per heavy atom. The monoisotopic (exact) mass is 493 g/mol. The van der Waals surface area contributed by atoms with Crippen LogP contribution in [0.25, 0.3) is 0 Å². The second kappa shape index (κ2) is 11.1. The molecule has 36 heavy (non-hydrogen) atoms. The minimum Gasteiger partial charge on any atom is -0.494 e. The molecule has 3 aromatic rings. The summed E-state index contributed by atoms with van der Waals surface area (Å²) >= 11 is 0. The first kappa shape index (κ1) is 25.1. The summed E-state index contributed by atoms with van der Waals surface area (Å²) in [4.78, 5) is 28.4. The molecule has 0 radical (unpaired) electrons. The van der Waals surface area contributed by atoms with Crippen molar-refractivity contribution < 1.29 is 18.7 Å². The number of aromatic nitrogens is 2. The van der Waals surface area contributed by atoms with Crippen molar-refractivity contribution in [1.29, 1.82) is 0 Å². The average Bonchev–Trinajstić information content (AvgIpc) is 3.20. The molecule has 4 rings (SSSR count). The van der Waals surface area contributed by atoms with Crippen LogP contribution in [0.15, 0.2) is 77.5 Å². The normalized spacial score (nSPS) is 15.7. The molecule has 1 unspecified atom stereocenters. The molecule has 2 aromatic heterocycles. The SMILES string of the molecule is COCC1C(C(N)=O)=CN(Cc2ccc(Cn3ccccc3=O)cc2)N1Cc1nccc(OC)c1F. The number of amides is 1. The van der Waals surface area contributed by atoms with Crippen LogP contribution in [0, 0.1) is 5.82 Å². The van der Waals surface area contributed by atoms with Gasteiger partial charge in [0, 0.05) is 37.8 Å². The molecule has 1 atom stereocenters. The van der Waals surface area contributed by atoms with Crippen LogP contribution in [0.1, 0.15) is 16.8 Å². The smallest absolute Gasteiger partial charge is 0.250 e. The molecule has 1 aliphatic rings. The van der Waals surface area contributed by atoms with Crippen LogP contribution in [-0.2, 0) is 29.2 Å². The summed E-state index contributed by atoms with van der Waals surface area (Å²) in [5.74, 6) is -1.05. The standard InChI is InChI=1S/C26H28FN5O4/c1-35-17-22-20(26(28)34)15-31(32(22)16-21-25(27)23(36-2)10-11-29-21)14-19-8-6-18(7-9-19)13-30-12-4-3-5-24(30)33/h3-12,15,22H,13-14,16-17H2,1-2H3,(H2,28,34). The molecule has 0 fully saturated rings. The maximum absolute atomic E-state index is 14.9. The first-order chi connectivity index (χ1) is 17.4. The first-order valence-electron chi connectivity index (χ1n) is 11.4. The van der Waals surface area contributed by atoms with Crippen molar-refractivity contribution in [1.82, 2.24) is 19.6 Å². The second-order valence-electron chi connectivity index (χ2n) is 8.37. The summed E-state index contributed by atoms with van der Waals surface area (Å²) in [6.45, 7) is 1.10. The Morgan fingerprint density at radius 2 is 1.78 bits per heavy atom. The van der Waals surface area contributed by atoms with Crippen LogP contribution in [0.5, 0.6) is 5.75 Å². The summed E-state index contributed by atoms with van der Waals surface area (Å²) in [5, 5.41) is 3.63. The van der Waals surface area contributed by atoms with Crippen LogP contribution in [0.4, 0.5) is 4.39 Å². The number of rotatable bonds is 10. The largest absolute Gasteiger partial charge is 0.494 e. The molecule has 9 nitrogen and oxygen atoms in total. The lowest BCUT2D eigenvalue weighted by Gasteiger charge is -2.33. The Kier molecular flexibility index (Phi) is 7.77. The minimum absolute atomic E-state index is 0.0685.